The van der Waals surface area contributed by atoms with E-state index in [9.17, 15) is 9.90 Å². The first-order chi connectivity index (χ1) is 8.77. The summed E-state index contributed by atoms with van der Waals surface area (Å²) in [6, 6.07) is 0. The maximum atomic E-state index is 12.5. The summed E-state index contributed by atoms with van der Waals surface area (Å²) in [6.07, 6.45) is 2.28. The molecule has 19 heavy (non-hydrogen) atoms. The van der Waals surface area contributed by atoms with Crippen LogP contribution in [0.1, 0.15) is 53.9 Å². The largest absolute Gasteiger partial charge is 0.393 e. The SMILES string of the molecule is CC(C)C1CC(=O)C(C)(C2CCC(C)C2C(C)O)O1. The van der Waals surface area contributed by atoms with Gasteiger partial charge >= 0.3 is 0 Å². The Labute approximate surface area is 116 Å². The van der Waals surface area contributed by atoms with Crippen LogP contribution in [0.15, 0.2) is 0 Å². The highest BCUT2D eigenvalue weighted by Crippen LogP contribution is 2.49. The van der Waals surface area contributed by atoms with Gasteiger partial charge in [0.1, 0.15) is 5.60 Å². The molecule has 0 aromatic rings. The van der Waals surface area contributed by atoms with E-state index in [1.54, 1.807) is 0 Å². The molecule has 3 nitrogen and oxygen atoms in total. The van der Waals surface area contributed by atoms with Crippen molar-refractivity contribution in [3.8, 4) is 0 Å². The average Bonchev–Trinajstić information content (AvgIpc) is 2.82. The van der Waals surface area contributed by atoms with E-state index in [1.807, 2.05) is 13.8 Å². The fraction of sp³-hybridized carbons (Fsp3) is 0.938. The molecule has 1 heterocycles. The van der Waals surface area contributed by atoms with E-state index in [2.05, 4.69) is 20.8 Å². The summed E-state index contributed by atoms with van der Waals surface area (Å²) in [5.74, 6) is 1.42. The molecule has 2 aliphatic rings. The number of carbonyl (C=O) groups excluding carboxylic acids is 1. The molecule has 0 amide bonds. The van der Waals surface area contributed by atoms with Gasteiger partial charge in [0, 0.05) is 12.3 Å². The molecule has 0 aromatic carbocycles. The van der Waals surface area contributed by atoms with Gasteiger partial charge in [-0.1, -0.05) is 20.8 Å². The van der Waals surface area contributed by atoms with Crippen LogP contribution in [0.3, 0.4) is 0 Å². The molecule has 1 saturated heterocycles. The minimum Gasteiger partial charge on any atom is -0.393 e. The zero-order chi connectivity index (χ0) is 14.4. The predicted octanol–water partition coefficient (Wildman–Crippen LogP) is 2.80. The molecule has 2 rings (SSSR count). The molecule has 1 aliphatic heterocycles. The first-order valence-electron chi connectivity index (χ1n) is 7.66. The summed E-state index contributed by atoms with van der Waals surface area (Å²) < 4.78 is 6.17. The van der Waals surface area contributed by atoms with Crippen molar-refractivity contribution in [2.24, 2.45) is 23.7 Å². The topological polar surface area (TPSA) is 46.5 Å². The van der Waals surface area contributed by atoms with Gasteiger partial charge in [-0.3, -0.25) is 4.79 Å². The van der Waals surface area contributed by atoms with Crippen LogP contribution in [-0.4, -0.2) is 28.7 Å². The summed E-state index contributed by atoms with van der Waals surface area (Å²) in [4.78, 5) is 12.5. The Kier molecular flexibility index (Phi) is 4.08. The van der Waals surface area contributed by atoms with Gasteiger partial charge < -0.3 is 9.84 Å². The van der Waals surface area contributed by atoms with Crippen molar-refractivity contribution in [1.29, 1.82) is 0 Å². The van der Waals surface area contributed by atoms with E-state index in [1.165, 1.54) is 0 Å². The van der Waals surface area contributed by atoms with Gasteiger partial charge in [0.15, 0.2) is 5.78 Å². The molecule has 1 saturated carbocycles. The standard InChI is InChI=1S/C16H28O3/c1-9(2)13-8-14(18)16(5,19-13)12-7-6-10(3)15(12)11(4)17/h9-13,15,17H,6-8H2,1-5H3. The van der Waals surface area contributed by atoms with Crippen LogP contribution in [0.4, 0.5) is 0 Å². The second kappa shape index (κ2) is 5.17. The minimum atomic E-state index is -0.679. The van der Waals surface area contributed by atoms with Crippen LogP contribution in [0.2, 0.25) is 0 Å². The zero-order valence-electron chi connectivity index (χ0n) is 12.8. The molecule has 1 N–H and O–H groups in total. The quantitative estimate of drug-likeness (QED) is 0.856. The molecule has 6 atom stereocenters. The normalized spacial score (nSPS) is 45.1. The van der Waals surface area contributed by atoms with Crippen LogP contribution in [0.5, 0.6) is 0 Å². The van der Waals surface area contributed by atoms with Crippen molar-refractivity contribution >= 4 is 5.78 Å². The zero-order valence-corrected chi connectivity index (χ0v) is 12.8. The van der Waals surface area contributed by atoms with E-state index < -0.39 is 5.60 Å². The number of hydrogen-bond acceptors (Lipinski definition) is 3. The number of hydrogen-bond donors (Lipinski definition) is 1. The van der Waals surface area contributed by atoms with Crippen LogP contribution in [0, 0.1) is 23.7 Å². The van der Waals surface area contributed by atoms with Gasteiger partial charge in [-0.15, -0.1) is 0 Å². The highest BCUT2D eigenvalue weighted by Gasteiger charge is 2.55. The minimum absolute atomic E-state index is 0.0445. The number of Topliss-reactive ketones (excluding diaryl/α,β-unsaturated/α-hetero) is 1. The Hall–Kier alpha value is -0.410. The van der Waals surface area contributed by atoms with E-state index in [0.717, 1.165) is 12.8 Å². The molecule has 110 valence electrons. The first-order valence-corrected chi connectivity index (χ1v) is 7.66. The second-order valence-electron chi connectivity index (χ2n) is 7.11. The molecule has 2 fully saturated rings. The summed E-state index contributed by atoms with van der Waals surface area (Å²) >= 11 is 0. The van der Waals surface area contributed by atoms with Crippen LogP contribution in [0.25, 0.3) is 0 Å². The fourth-order valence-corrected chi connectivity index (χ4v) is 4.15. The van der Waals surface area contributed by atoms with Gasteiger partial charge in [0.05, 0.1) is 12.2 Å². The van der Waals surface area contributed by atoms with Crippen molar-refractivity contribution in [2.45, 2.75) is 71.7 Å². The number of aliphatic hydroxyl groups is 1. The maximum Gasteiger partial charge on any atom is 0.167 e. The lowest BCUT2D eigenvalue weighted by Gasteiger charge is -2.37. The number of carbonyl (C=O) groups is 1. The molecule has 0 spiro atoms. The molecular weight excluding hydrogens is 240 g/mol. The number of ether oxygens (including phenoxy) is 1. The number of rotatable bonds is 3. The molecule has 3 heteroatoms. The third-order valence-corrected chi connectivity index (χ3v) is 5.40. The molecule has 6 unspecified atom stereocenters. The highest BCUT2D eigenvalue weighted by molar-refractivity contribution is 5.89. The molecule has 0 radical (unpaired) electrons. The summed E-state index contributed by atoms with van der Waals surface area (Å²) in [7, 11) is 0. The monoisotopic (exact) mass is 268 g/mol. The smallest absolute Gasteiger partial charge is 0.167 e. The van der Waals surface area contributed by atoms with Gasteiger partial charge in [0.25, 0.3) is 0 Å². The van der Waals surface area contributed by atoms with Crippen molar-refractivity contribution in [1.82, 2.24) is 0 Å². The van der Waals surface area contributed by atoms with Crippen molar-refractivity contribution in [3.05, 3.63) is 0 Å². The average molecular weight is 268 g/mol. The van der Waals surface area contributed by atoms with Crippen molar-refractivity contribution in [2.75, 3.05) is 0 Å². The van der Waals surface area contributed by atoms with Crippen LogP contribution < -0.4 is 0 Å². The number of ketones is 1. The lowest BCUT2D eigenvalue weighted by atomic mass is 9.75. The van der Waals surface area contributed by atoms with Gasteiger partial charge in [-0.2, -0.15) is 0 Å². The third-order valence-electron chi connectivity index (χ3n) is 5.40. The Morgan fingerprint density at radius 3 is 2.42 bits per heavy atom. The van der Waals surface area contributed by atoms with E-state index in [4.69, 9.17) is 4.74 Å². The Morgan fingerprint density at radius 2 is 1.95 bits per heavy atom. The lowest BCUT2D eigenvalue weighted by molar-refractivity contribution is -0.145. The lowest BCUT2D eigenvalue weighted by Crippen LogP contribution is -2.46. The summed E-state index contributed by atoms with van der Waals surface area (Å²) in [6.45, 7) is 10.2. The van der Waals surface area contributed by atoms with E-state index in [-0.39, 0.29) is 29.8 Å². The molecule has 1 aliphatic carbocycles. The van der Waals surface area contributed by atoms with Gasteiger partial charge in [0.2, 0.25) is 0 Å². The summed E-state index contributed by atoms with van der Waals surface area (Å²) in [5, 5.41) is 10.1. The van der Waals surface area contributed by atoms with Crippen LogP contribution in [-0.2, 0) is 9.53 Å². The Bertz CT molecular complexity index is 350. The van der Waals surface area contributed by atoms with Gasteiger partial charge in [-0.05, 0) is 44.4 Å². The fourth-order valence-electron chi connectivity index (χ4n) is 4.15. The summed E-state index contributed by atoms with van der Waals surface area (Å²) in [5.41, 5.74) is -0.679. The maximum absolute atomic E-state index is 12.5. The van der Waals surface area contributed by atoms with Gasteiger partial charge in [-0.25, -0.2) is 0 Å². The predicted molar refractivity (Wildman–Crippen MR) is 74.8 cm³/mol. The second-order valence-corrected chi connectivity index (χ2v) is 7.11. The third kappa shape index (κ3) is 2.47. The number of aliphatic hydroxyl groups excluding tert-OH is 1. The van der Waals surface area contributed by atoms with Crippen LogP contribution >= 0.6 is 0 Å². The molecular formula is C16H28O3. The van der Waals surface area contributed by atoms with Crippen molar-refractivity contribution < 1.29 is 14.6 Å². The van der Waals surface area contributed by atoms with E-state index >= 15 is 0 Å². The first kappa shape index (κ1) is 15.0. The Balaban J connectivity index is 2.22. The molecule has 0 bridgehead atoms. The highest BCUT2D eigenvalue weighted by atomic mass is 16.5. The van der Waals surface area contributed by atoms with E-state index in [0.29, 0.717) is 18.3 Å². The Morgan fingerprint density at radius 1 is 1.32 bits per heavy atom. The molecule has 0 aromatic heterocycles. The van der Waals surface area contributed by atoms with Crippen molar-refractivity contribution in [3.63, 3.8) is 0 Å².